The van der Waals surface area contributed by atoms with Crippen molar-refractivity contribution < 1.29 is 9.59 Å². The van der Waals surface area contributed by atoms with Gasteiger partial charge in [-0.15, -0.1) is 0 Å². The van der Waals surface area contributed by atoms with Crippen LogP contribution in [0.5, 0.6) is 0 Å². The van der Waals surface area contributed by atoms with Crippen LogP contribution in [0.4, 0.5) is 0 Å². The third kappa shape index (κ3) is 4.68. The molecule has 0 heterocycles. The lowest BCUT2D eigenvalue weighted by molar-refractivity contribution is -0.128. The van der Waals surface area contributed by atoms with Gasteiger partial charge in [0.25, 0.3) is 0 Å². The number of hydrogen-bond donors (Lipinski definition) is 2. The van der Waals surface area contributed by atoms with E-state index in [1.165, 1.54) is 0 Å². The molecule has 3 N–H and O–H groups in total. The highest BCUT2D eigenvalue weighted by Crippen LogP contribution is 1.80. The minimum absolute atomic E-state index is 0.0428. The third-order valence-electron chi connectivity index (χ3n) is 1.48. The van der Waals surface area contributed by atoms with E-state index in [2.05, 4.69) is 5.32 Å². The molecule has 70 valence electrons. The highest BCUT2D eigenvalue weighted by molar-refractivity contribution is 5.80. The Hall–Kier alpha value is -1.10. The first-order valence-corrected chi connectivity index (χ1v) is 3.81. The van der Waals surface area contributed by atoms with E-state index in [-0.39, 0.29) is 19.0 Å². The van der Waals surface area contributed by atoms with Gasteiger partial charge >= 0.3 is 0 Å². The van der Waals surface area contributed by atoms with Gasteiger partial charge in [-0.25, -0.2) is 0 Å². The van der Waals surface area contributed by atoms with Crippen molar-refractivity contribution in [2.24, 2.45) is 5.73 Å². The fraction of sp³-hybridized carbons (Fsp3) is 0.714. The number of carbonyl (C=O) groups is 2. The van der Waals surface area contributed by atoms with E-state index >= 15 is 0 Å². The largest absolute Gasteiger partial charge is 0.369 e. The van der Waals surface area contributed by atoms with Crippen molar-refractivity contribution in [1.29, 1.82) is 0 Å². The molecule has 0 aromatic rings. The average Bonchev–Trinajstić information content (AvgIpc) is 2.02. The second kappa shape index (κ2) is 5.54. The van der Waals surface area contributed by atoms with Gasteiger partial charge in [-0.2, -0.15) is 0 Å². The van der Waals surface area contributed by atoms with E-state index in [4.69, 9.17) is 5.73 Å². The molecule has 0 aliphatic carbocycles. The van der Waals surface area contributed by atoms with Crippen molar-refractivity contribution in [2.75, 3.05) is 26.7 Å². The number of nitrogens with one attached hydrogen (secondary N) is 1. The van der Waals surface area contributed by atoms with Crippen molar-refractivity contribution in [3.8, 4) is 0 Å². The van der Waals surface area contributed by atoms with Crippen molar-refractivity contribution >= 4 is 11.8 Å². The van der Waals surface area contributed by atoms with Gasteiger partial charge in [0.1, 0.15) is 0 Å². The summed E-state index contributed by atoms with van der Waals surface area (Å²) in [4.78, 5) is 22.9. The van der Waals surface area contributed by atoms with Gasteiger partial charge in [0.15, 0.2) is 0 Å². The molecule has 0 bridgehead atoms. The molecule has 0 aliphatic heterocycles. The van der Waals surface area contributed by atoms with Gasteiger partial charge in [-0.1, -0.05) is 0 Å². The second-order valence-electron chi connectivity index (χ2n) is 2.48. The number of hydrogen-bond acceptors (Lipinski definition) is 3. The van der Waals surface area contributed by atoms with E-state index in [9.17, 15) is 9.59 Å². The van der Waals surface area contributed by atoms with Crippen LogP contribution in [0.15, 0.2) is 0 Å². The summed E-state index contributed by atoms with van der Waals surface area (Å²) in [5, 5.41) is 2.63. The first-order valence-electron chi connectivity index (χ1n) is 3.81. The second-order valence-corrected chi connectivity index (χ2v) is 2.48. The molecule has 0 aromatic carbocycles. The summed E-state index contributed by atoms with van der Waals surface area (Å²) >= 11 is 0. The maximum absolute atomic E-state index is 11.1. The van der Waals surface area contributed by atoms with Gasteiger partial charge in [-0.05, 0) is 6.92 Å². The quantitative estimate of drug-likeness (QED) is 0.533. The van der Waals surface area contributed by atoms with Crippen LogP contribution in [0.3, 0.4) is 0 Å². The fourth-order valence-corrected chi connectivity index (χ4v) is 0.604. The Bertz CT molecular complexity index is 170. The van der Waals surface area contributed by atoms with E-state index in [0.717, 1.165) is 0 Å². The maximum atomic E-state index is 11.1. The smallest absolute Gasteiger partial charge is 0.236 e. The summed E-state index contributed by atoms with van der Waals surface area (Å²) in [7, 11) is 1.70. The number of rotatable bonds is 5. The number of nitrogens with zero attached hydrogens (tertiary/aromatic N) is 1. The van der Waals surface area contributed by atoms with Crippen LogP contribution < -0.4 is 11.1 Å². The highest BCUT2D eigenvalue weighted by Gasteiger charge is 2.05. The summed E-state index contributed by atoms with van der Waals surface area (Å²) in [5.74, 6) is -0.499. The van der Waals surface area contributed by atoms with Crippen molar-refractivity contribution in [1.82, 2.24) is 10.2 Å². The Morgan fingerprint density at radius 1 is 1.42 bits per heavy atom. The Morgan fingerprint density at radius 2 is 2.00 bits per heavy atom. The van der Waals surface area contributed by atoms with Gasteiger partial charge in [0.05, 0.1) is 13.1 Å². The van der Waals surface area contributed by atoms with Gasteiger partial charge in [0, 0.05) is 13.6 Å². The van der Waals surface area contributed by atoms with Gasteiger partial charge in [0.2, 0.25) is 11.8 Å². The van der Waals surface area contributed by atoms with Crippen LogP contribution >= 0.6 is 0 Å². The zero-order valence-electron chi connectivity index (χ0n) is 7.46. The minimum atomic E-state index is -0.457. The summed E-state index contributed by atoms with van der Waals surface area (Å²) in [6, 6.07) is 0. The average molecular weight is 173 g/mol. The van der Waals surface area contributed by atoms with E-state index in [0.29, 0.717) is 6.54 Å². The summed E-state index contributed by atoms with van der Waals surface area (Å²) in [6.45, 7) is 2.75. The zero-order chi connectivity index (χ0) is 9.56. The normalized spacial score (nSPS) is 9.50. The maximum Gasteiger partial charge on any atom is 0.236 e. The Kier molecular flexibility index (Phi) is 5.03. The molecular formula is C7H15N3O2. The molecule has 0 atom stereocenters. The topological polar surface area (TPSA) is 75.4 Å². The molecule has 0 saturated heterocycles. The molecule has 5 heteroatoms. The van der Waals surface area contributed by atoms with Gasteiger partial charge < -0.3 is 10.6 Å². The fourth-order valence-electron chi connectivity index (χ4n) is 0.604. The first kappa shape index (κ1) is 10.9. The van der Waals surface area contributed by atoms with E-state index < -0.39 is 5.91 Å². The van der Waals surface area contributed by atoms with E-state index in [1.54, 1.807) is 11.9 Å². The molecule has 2 amide bonds. The molecule has 0 spiro atoms. The number of likely N-dealkylation sites (N-methyl/N-ethyl adjacent to an activating group) is 1. The Labute approximate surface area is 71.9 Å². The highest BCUT2D eigenvalue weighted by atomic mass is 16.2. The monoisotopic (exact) mass is 173 g/mol. The molecular weight excluding hydrogens is 158 g/mol. The third-order valence-corrected chi connectivity index (χ3v) is 1.48. The molecule has 0 unspecified atom stereocenters. The molecule has 0 aliphatic rings. The van der Waals surface area contributed by atoms with Crippen LogP contribution in [0.2, 0.25) is 0 Å². The van der Waals surface area contributed by atoms with Crippen molar-refractivity contribution in [3.63, 3.8) is 0 Å². The standard InChI is InChI=1S/C7H15N3O2/c1-3-10(2)7(12)5-9-4-6(8)11/h9H,3-5H2,1-2H3,(H2,8,11). The SMILES string of the molecule is CCN(C)C(=O)CNCC(N)=O. The Balaban J connectivity index is 3.50. The minimum Gasteiger partial charge on any atom is -0.369 e. The van der Waals surface area contributed by atoms with Crippen molar-refractivity contribution in [3.05, 3.63) is 0 Å². The molecule has 0 rings (SSSR count). The van der Waals surface area contributed by atoms with Crippen LogP contribution in [0.1, 0.15) is 6.92 Å². The van der Waals surface area contributed by atoms with Crippen LogP contribution in [-0.4, -0.2) is 43.4 Å². The van der Waals surface area contributed by atoms with Crippen molar-refractivity contribution in [2.45, 2.75) is 6.92 Å². The molecule has 0 saturated carbocycles. The predicted molar refractivity (Wildman–Crippen MR) is 45.4 cm³/mol. The van der Waals surface area contributed by atoms with Gasteiger partial charge in [-0.3, -0.25) is 14.9 Å². The summed E-state index contributed by atoms with van der Waals surface area (Å²) in [5.41, 5.74) is 4.86. The lowest BCUT2D eigenvalue weighted by atomic mass is 10.5. The molecule has 0 radical (unpaired) electrons. The lowest BCUT2D eigenvalue weighted by Gasteiger charge is -2.13. The lowest BCUT2D eigenvalue weighted by Crippen LogP contribution is -2.38. The molecule has 5 nitrogen and oxygen atoms in total. The number of primary amides is 1. The number of amides is 2. The van der Waals surface area contributed by atoms with E-state index in [1.807, 2.05) is 6.92 Å². The van der Waals surface area contributed by atoms with Crippen LogP contribution in [-0.2, 0) is 9.59 Å². The molecule has 0 aromatic heterocycles. The summed E-state index contributed by atoms with van der Waals surface area (Å²) < 4.78 is 0. The Morgan fingerprint density at radius 3 is 2.42 bits per heavy atom. The van der Waals surface area contributed by atoms with Crippen LogP contribution in [0, 0.1) is 0 Å². The predicted octanol–water partition coefficient (Wildman–Crippen LogP) is -1.46. The molecule has 12 heavy (non-hydrogen) atoms. The van der Waals surface area contributed by atoms with Crippen LogP contribution in [0.25, 0.3) is 0 Å². The first-order chi connectivity index (χ1) is 5.57. The number of nitrogens with two attached hydrogens (primary N) is 1. The summed E-state index contributed by atoms with van der Waals surface area (Å²) in [6.07, 6.45) is 0. The zero-order valence-corrected chi connectivity index (χ0v) is 7.46. The molecule has 0 fully saturated rings. The number of carbonyl (C=O) groups excluding carboxylic acids is 2.